The molecular weight excluding hydrogens is 270 g/mol. The van der Waals surface area contributed by atoms with Crippen molar-refractivity contribution in [2.24, 2.45) is 0 Å². The summed E-state index contributed by atoms with van der Waals surface area (Å²) < 4.78 is 5.99. The number of rotatable bonds is 3. The van der Waals surface area contributed by atoms with Gasteiger partial charge in [-0.05, 0) is 36.7 Å². The SMILES string of the molecule is CCC1Oc2c(Cl)cc(-c3ccccc3)cc2C1NC. The Labute approximate surface area is 124 Å². The minimum Gasteiger partial charge on any atom is -0.487 e. The second kappa shape index (κ2) is 5.47. The molecule has 0 aromatic heterocycles. The van der Waals surface area contributed by atoms with Crippen molar-refractivity contribution in [1.82, 2.24) is 5.32 Å². The van der Waals surface area contributed by atoms with Crippen LogP contribution >= 0.6 is 11.6 Å². The molecule has 0 spiro atoms. The van der Waals surface area contributed by atoms with Crippen LogP contribution in [0.15, 0.2) is 42.5 Å². The Morgan fingerprint density at radius 1 is 1.15 bits per heavy atom. The molecule has 2 aromatic rings. The van der Waals surface area contributed by atoms with Crippen LogP contribution in [0.25, 0.3) is 11.1 Å². The van der Waals surface area contributed by atoms with Gasteiger partial charge in [0, 0.05) is 5.56 Å². The van der Waals surface area contributed by atoms with Crippen LogP contribution in [0.1, 0.15) is 24.9 Å². The molecule has 2 nitrogen and oxygen atoms in total. The average Bonchev–Trinajstić information content (AvgIpc) is 2.86. The summed E-state index contributed by atoms with van der Waals surface area (Å²) in [7, 11) is 1.97. The van der Waals surface area contributed by atoms with E-state index in [2.05, 4.69) is 30.4 Å². The third-order valence-corrected chi connectivity index (χ3v) is 4.15. The van der Waals surface area contributed by atoms with E-state index >= 15 is 0 Å². The molecule has 20 heavy (non-hydrogen) atoms. The number of benzene rings is 2. The number of halogens is 1. The highest BCUT2D eigenvalue weighted by molar-refractivity contribution is 6.32. The highest BCUT2D eigenvalue weighted by Gasteiger charge is 2.34. The molecule has 1 aliphatic heterocycles. The maximum absolute atomic E-state index is 6.42. The number of likely N-dealkylation sites (N-methyl/N-ethyl adjacent to an activating group) is 1. The van der Waals surface area contributed by atoms with Crippen molar-refractivity contribution in [3.63, 3.8) is 0 Å². The normalized spacial score (nSPS) is 20.6. The molecule has 0 radical (unpaired) electrons. The lowest BCUT2D eigenvalue weighted by Gasteiger charge is -2.16. The molecule has 2 atom stereocenters. The predicted molar refractivity (Wildman–Crippen MR) is 83.4 cm³/mol. The molecule has 1 N–H and O–H groups in total. The van der Waals surface area contributed by atoms with Gasteiger partial charge in [-0.15, -0.1) is 0 Å². The van der Waals surface area contributed by atoms with E-state index in [-0.39, 0.29) is 12.1 Å². The van der Waals surface area contributed by atoms with E-state index in [0.29, 0.717) is 5.02 Å². The number of nitrogens with one attached hydrogen (secondary N) is 1. The number of hydrogen-bond acceptors (Lipinski definition) is 2. The highest BCUT2D eigenvalue weighted by Crippen LogP contribution is 2.44. The molecule has 1 heterocycles. The number of fused-ring (bicyclic) bond motifs is 1. The molecule has 0 saturated heterocycles. The van der Waals surface area contributed by atoms with Gasteiger partial charge in [-0.3, -0.25) is 0 Å². The van der Waals surface area contributed by atoms with Crippen molar-refractivity contribution in [1.29, 1.82) is 0 Å². The lowest BCUT2D eigenvalue weighted by molar-refractivity contribution is 0.189. The minimum atomic E-state index is 0.151. The first-order valence-electron chi connectivity index (χ1n) is 6.97. The molecule has 0 saturated carbocycles. The van der Waals surface area contributed by atoms with E-state index in [1.165, 1.54) is 5.56 Å². The standard InChI is InChI=1S/C17H18ClNO/c1-3-15-16(19-2)13-9-12(10-14(18)17(13)20-15)11-7-5-4-6-8-11/h4-10,15-16,19H,3H2,1-2H3. The van der Waals surface area contributed by atoms with Crippen LogP contribution < -0.4 is 10.1 Å². The Morgan fingerprint density at radius 3 is 2.55 bits per heavy atom. The smallest absolute Gasteiger partial charge is 0.143 e. The summed E-state index contributed by atoms with van der Waals surface area (Å²) in [5, 5.41) is 4.04. The summed E-state index contributed by atoms with van der Waals surface area (Å²) in [6.45, 7) is 2.13. The van der Waals surface area contributed by atoms with Crippen LogP contribution in [0.4, 0.5) is 0 Å². The lowest BCUT2D eigenvalue weighted by atomic mass is 9.97. The van der Waals surface area contributed by atoms with E-state index in [0.717, 1.165) is 23.3 Å². The highest BCUT2D eigenvalue weighted by atomic mass is 35.5. The first-order chi connectivity index (χ1) is 9.74. The topological polar surface area (TPSA) is 21.3 Å². The Balaban J connectivity index is 2.09. The van der Waals surface area contributed by atoms with Crippen LogP contribution in [-0.2, 0) is 0 Å². The zero-order valence-electron chi connectivity index (χ0n) is 11.7. The van der Waals surface area contributed by atoms with Gasteiger partial charge in [0.2, 0.25) is 0 Å². The van der Waals surface area contributed by atoms with Crippen molar-refractivity contribution >= 4 is 11.6 Å². The van der Waals surface area contributed by atoms with Crippen molar-refractivity contribution in [3.8, 4) is 16.9 Å². The van der Waals surface area contributed by atoms with Crippen molar-refractivity contribution < 1.29 is 4.74 Å². The van der Waals surface area contributed by atoms with E-state index in [4.69, 9.17) is 16.3 Å². The van der Waals surface area contributed by atoms with Crippen LogP contribution in [0.2, 0.25) is 5.02 Å². The number of ether oxygens (including phenoxy) is 1. The van der Waals surface area contributed by atoms with Gasteiger partial charge in [0.15, 0.2) is 0 Å². The van der Waals surface area contributed by atoms with Crippen LogP contribution in [-0.4, -0.2) is 13.2 Å². The van der Waals surface area contributed by atoms with Gasteiger partial charge in [0.05, 0.1) is 11.1 Å². The second-order valence-corrected chi connectivity index (χ2v) is 5.48. The zero-order chi connectivity index (χ0) is 14.1. The van der Waals surface area contributed by atoms with Gasteiger partial charge < -0.3 is 10.1 Å². The third-order valence-electron chi connectivity index (χ3n) is 3.87. The van der Waals surface area contributed by atoms with Crippen LogP contribution in [0, 0.1) is 0 Å². The van der Waals surface area contributed by atoms with Crippen LogP contribution in [0.3, 0.4) is 0 Å². The molecule has 3 heteroatoms. The summed E-state index contributed by atoms with van der Waals surface area (Å²) in [6, 6.07) is 14.7. The molecular formula is C17H18ClNO. The Kier molecular flexibility index (Phi) is 3.68. The monoisotopic (exact) mass is 287 g/mol. The minimum absolute atomic E-state index is 0.151. The second-order valence-electron chi connectivity index (χ2n) is 5.07. The molecule has 2 aromatic carbocycles. The molecule has 2 unspecified atom stereocenters. The summed E-state index contributed by atoms with van der Waals surface area (Å²) in [4.78, 5) is 0. The number of hydrogen-bond donors (Lipinski definition) is 1. The van der Waals surface area contributed by atoms with E-state index in [1.807, 2.05) is 31.3 Å². The van der Waals surface area contributed by atoms with Crippen molar-refractivity contribution in [2.75, 3.05) is 7.05 Å². The Morgan fingerprint density at radius 2 is 1.90 bits per heavy atom. The fourth-order valence-corrected chi connectivity index (χ4v) is 3.12. The molecule has 0 bridgehead atoms. The van der Waals surface area contributed by atoms with Gasteiger partial charge in [-0.25, -0.2) is 0 Å². The largest absolute Gasteiger partial charge is 0.487 e. The third kappa shape index (κ3) is 2.19. The van der Waals surface area contributed by atoms with Crippen LogP contribution in [0.5, 0.6) is 5.75 Å². The Bertz CT molecular complexity index is 612. The summed E-state index contributed by atoms with van der Waals surface area (Å²) in [6.07, 6.45) is 1.11. The van der Waals surface area contributed by atoms with E-state index in [9.17, 15) is 0 Å². The molecule has 0 amide bonds. The van der Waals surface area contributed by atoms with Gasteiger partial charge in [0.1, 0.15) is 11.9 Å². The first kappa shape index (κ1) is 13.5. The maximum atomic E-state index is 6.42. The molecule has 0 fully saturated rings. The van der Waals surface area contributed by atoms with Gasteiger partial charge >= 0.3 is 0 Å². The Hall–Kier alpha value is -1.51. The van der Waals surface area contributed by atoms with E-state index in [1.54, 1.807) is 0 Å². The van der Waals surface area contributed by atoms with Gasteiger partial charge in [0.25, 0.3) is 0 Å². The molecule has 104 valence electrons. The van der Waals surface area contributed by atoms with Crippen molar-refractivity contribution in [2.45, 2.75) is 25.5 Å². The van der Waals surface area contributed by atoms with Gasteiger partial charge in [-0.2, -0.15) is 0 Å². The fraction of sp³-hybridized carbons (Fsp3) is 0.294. The lowest BCUT2D eigenvalue weighted by Crippen LogP contribution is -2.27. The summed E-state index contributed by atoms with van der Waals surface area (Å²) >= 11 is 6.42. The zero-order valence-corrected chi connectivity index (χ0v) is 12.4. The van der Waals surface area contributed by atoms with Gasteiger partial charge in [-0.1, -0.05) is 48.9 Å². The van der Waals surface area contributed by atoms with E-state index < -0.39 is 0 Å². The first-order valence-corrected chi connectivity index (χ1v) is 7.35. The maximum Gasteiger partial charge on any atom is 0.143 e. The molecule has 3 rings (SSSR count). The fourth-order valence-electron chi connectivity index (χ4n) is 2.85. The predicted octanol–water partition coefficient (Wildman–Crippen LogP) is 4.44. The summed E-state index contributed by atoms with van der Waals surface area (Å²) in [5.74, 6) is 0.831. The average molecular weight is 288 g/mol. The molecule has 0 aliphatic carbocycles. The quantitative estimate of drug-likeness (QED) is 0.901. The van der Waals surface area contributed by atoms with Crippen molar-refractivity contribution in [3.05, 3.63) is 53.1 Å². The molecule has 1 aliphatic rings. The summed E-state index contributed by atoms with van der Waals surface area (Å²) in [5.41, 5.74) is 3.47.